The number of halogens is 3. The van der Waals surface area contributed by atoms with Gasteiger partial charge in [0, 0.05) is 25.9 Å². The molecule has 0 aromatic heterocycles. The Morgan fingerprint density at radius 2 is 1.75 bits per heavy atom. The van der Waals surface area contributed by atoms with E-state index in [9.17, 15) is 21.6 Å². The number of sulfone groups is 1. The highest BCUT2D eigenvalue weighted by atomic mass is 32.2. The van der Waals surface area contributed by atoms with Gasteiger partial charge in [0.05, 0.1) is 4.90 Å². The lowest BCUT2D eigenvalue weighted by Crippen LogP contribution is -2.23. The van der Waals surface area contributed by atoms with E-state index in [1.807, 2.05) is 0 Å². The first-order valence-electron chi connectivity index (χ1n) is 5.93. The monoisotopic (exact) mass is 311 g/mol. The van der Waals surface area contributed by atoms with Crippen LogP contribution in [0.2, 0.25) is 0 Å². The van der Waals surface area contributed by atoms with Crippen molar-refractivity contribution < 1.29 is 26.3 Å². The average Bonchev–Trinajstić information content (AvgIpc) is 2.38. The summed E-state index contributed by atoms with van der Waals surface area (Å²) < 4.78 is 64.1. The molecule has 1 aromatic carbocycles. The predicted octanol–water partition coefficient (Wildman–Crippen LogP) is 2.82. The fourth-order valence-corrected chi connectivity index (χ4v) is 2.25. The number of anilines is 1. The van der Waals surface area contributed by atoms with Crippen molar-refractivity contribution in [3.05, 3.63) is 24.3 Å². The second-order valence-corrected chi connectivity index (χ2v) is 6.04. The van der Waals surface area contributed by atoms with Crippen molar-refractivity contribution in [1.82, 2.24) is 0 Å². The number of ether oxygens (including phenoxy) is 1. The van der Waals surface area contributed by atoms with Crippen LogP contribution in [0.1, 0.15) is 12.8 Å². The topological polar surface area (TPSA) is 55.4 Å². The maximum absolute atomic E-state index is 12.3. The maximum atomic E-state index is 12.3. The molecule has 0 spiro atoms. The molecule has 1 aromatic rings. The van der Waals surface area contributed by atoms with E-state index in [0.717, 1.165) is 25.0 Å². The standard InChI is InChI=1S/C12H16F3NO3S/c1-19-9-3-2-8-16-10-4-6-11(7-5-10)20(17,18)12(13,14)15/h4-7,16H,2-3,8-9H2,1H3. The van der Waals surface area contributed by atoms with Gasteiger partial charge in [-0.3, -0.25) is 0 Å². The van der Waals surface area contributed by atoms with Gasteiger partial charge < -0.3 is 10.1 Å². The number of benzene rings is 1. The van der Waals surface area contributed by atoms with Crippen LogP contribution in [-0.4, -0.2) is 34.2 Å². The number of methoxy groups -OCH3 is 1. The maximum Gasteiger partial charge on any atom is 0.501 e. The van der Waals surface area contributed by atoms with Gasteiger partial charge in [-0.1, -0.05) is 0 Å². The molecule has 114 valence electrons. The van der Waals surface area contributed by atoms with Crippen molar-refractivity contribution in [2.45, 2.75) is 23.2 Å². The lowest BCUT2D eigenvalue weighted by atomic mass is 10.3. The summed E-state index contributed by atoms with van der Waals surface area (Å²) in [7, 11) is -3.67. The Balaban J connectivity index is 2.61. The molecule has 0 saturated heterocycles. The van der Waals surface area contributed by atoms with E-state index < -0.39 is 20.2 Å². The van der Waals surface area contributed by atoms with E-state index in [0.29, 0.717) is 18.8 Å². The number of unbranched alkanes of at least 4 members (excludes halogenated alkanes) is 1. The number of rotatable bonds is 7. The summed E-state index contributed by atoms with van der Waals surface area (Å²) in [4.78, 5) is -0.755. The van der Waals surface area contributed by atoms with E-state index in [4.69, 9.17) is 4.74 Å². The summed E-state index contributed by atoms with van der Waals surface area (Å²) in [6.45, 7) is 1.28. The second kappa shape index (κ2) is 6.94. The van der Waals surface area contributed by atoms with Crippen molar-refractivity contribution in [1.29, 1.82) is 0 Å². The normalized spacial score (nSPS) is 12.4. The average molecular weight is 311 g/mol. The SMILES string of the molecule is COCCCCNc1ccc(S(=O)(=O)C(F)(F)F)cc1. The van der Waals surface area contributed by atoms with Crippen molar-refractivity contribution in [2.75, 3.05) is 25.6 Å². The Morgan fingerprint density at radius 3 is 2.25 bits per heavy atom. The molecule has 1 rings (SSSR count). The Hall–Kier alpha value is -1.28. The highest BCUT2D eigenvalue weighted by Gasteiger charge is 2.46. The van der Waals surface area contributed by atoms with Crippen molar-refractivity contribution in [3.63, 3.8) is 0 Å². The molecule has 0 aliphatic heterocycles. The van der Waals surface area contributed by atoms with Crippen LogP contribution in [0.5, 0.6) is 0 Å². The van der Waals surface area contributed by atoms with Gasteiger partial charge >= 0.3 is 5.51 Å². The molecule has 0 unspecified atom stereocenters. The van der Waals surface area contributed by atoms with Crippen molar-refractivity contribution >= 4 is 15.5 Å². The summed E-state index contributed by atoms with van der Waals surface area (Å²) in [5, 5.41) is 2.99. The number of nitrogens with one attached hydrogen (secondary N) is 1. The Morgan fingerprint density at radius 1 is 1.15 bits per heavy atom. The van der Waals surface area contributed by atoms with Gasteiger partial charge in [0.1, 0.15) is 0 Å². The second-order valence-electron chi connectivity index (χ2n) is 4.10. The lowest BCUT2D eigenvalue weighted by Gasteiger charge is -2.10. The fraction of sp³-hybridized carbons (Fsp3) is 0.500. The third-order valence-electron chi connectivity index (χ3n) is 2.57. The quantitative estimate of drug-likeness (QED) is 0.787. The summed E-state index contributed by atoms with van der Waals surface area (Å²) in [5.74, 6) is 0. The van der Waals surface area contributed by atoms with Gasteiger partial charge in [0.25, 0.3) is 9.84 Å². The first-order valence-corrected chi connectivity index (χ1v) is 7.41. The smallest absolute Gasteiger partial charge is 0.385 e. The molecule has 4 nitrogen and oxygen atoms in total. The summed E-state index contributed by atoms with van der Waals surface area (Å²) in [5.41, 5.74) is -4.70. The van der Waals surface area contributed by atoms with Crippen LogP contribution >= 0.6 is 0 Å². The van der Waals surface area contributed by atoms with E-state index >= 15 is 0 Å². The number of alkyl halides is 3. The van der Waals surface area contributed by atoms with Gasteiger partial charge in [-0.15, -0.1) is 0 Å². The first kappa shape index (κ1) is 16.8. The molecule has 0 radical (unpaired) electrons. The molecule has 0 heterocycles. The third kappa shape index (κ3) is 4.38. The summed E-state index contributed by atoms with van der Waals surface area (Å²) >= 11 is 0. The molecular formula is C12H16F3NO3S. The van der Waals surface area contributed by atoms with Crippen LogP contribution in [0.4, 0.5) is 18.9 Å². The zero-order valence-corrected chi connectivity index (χ0v) is 11.7. The van der Waals surface area contributed by atoms with Crippen LogP contribution in [0, 0.1) is 0 Å². The molecule has 0 bridgehead atoms. The molecule has 1 N–H and O–H groups in total. The molecule has 0 aliphatic rings. The van der Waals surface area contributed by atoms with E-state index in [1.165, 1.54) is 12.1 Å². The molecular weight excluding hydrogens is 295 g/mol. The van der Waals surface area contributed by atoms with Gasteiger partial charge in [-0.05, 0) is 37.1 Å². The van der Waals surface area contributed by atoms with Gasteiger partial charge in [-0.2, -0.15) is 13.2 Å². The summed E-state index contributed by atoms with van der Waals surface area (Å²) in [6.07, 6.45) is 1.71. The molecule has 0 atom stereocenters. The summed E-state index contributed by atoms with van der Waals surface area (Å²) in [6, 6.07) is 4.52. The lowest BCUT2D eigenvalue weighted by molar-refractivity contribution is -0.0436. The van der Waals surface area contributed by atoms with E-state index in [1.54, 1.807) is 7.11 Å². The van der Waals surface area contributed by atoms with Gasteiger partial charge in [0.2, 0.25) is 0 Å². The first-order chi connectivity index (χ1) is 9.29. The van der Waals surface area contributed by atoms with E-state index in [2.05, 4.69) is 5.32 Å². The highest BCUT2D eigenvalue weighted by molar-refractivity contribution is 7.92. The molecule has 0 aliphatic carbocycles. The predicted molar refractivity (Wildman–Crippen MR) is 69.3 cm³/mol. The van der Waals surface area contributed by atoms with Crippen LogP contribution in [-0.2, 0) is 14.6 Å². The Labute approximate surface area is 115 Å². The van der Waals surface area contributed by atoms with Crippen LogP contribution < -0.4 is 5.32 Å². The number of hydrogen-bond acceptors (Lipinski definition) is 4. The zero-order valence-electron chi connectivity index (χ0n) is 10.9. The fourth-order valence-electron chi connectivity index (χ4n) is 1.49. The van der Waals surface area contributed by atoms with Crippen molar-refractivity contribution in [3.8, 4) is 0 Å². The molecule has 0 saturated carbocycles. The molecule has 20 heavy (non-hydrogen) atoms. The minimum absolute atomic E-state index is 0.573. The van der Waals surface area contributed by atoms with Gasteiger partial charge in [-0.25, -0.2) is 8.42 Å². The minimum Gasteiger partial charge on any atom is -0.385 e. The van der Waals surface area contributed by atoms with Crippen molar-refractivity contribution in [2.24, 2.45) is 0 Å². The highest BCUT2D eigenvalue weighted by Crippen LogP contribution is 2.30. The van der Waals surface area contributed by atoms with Crippen LogP contribution in [0.25, 0.3) is 0 Å². The van der Waals surface area contributed by atoms with Gasteiger partial charge in [0.15, 0.2) is 0 Å². The molecule has 8 heteroatoms. The minimum atomic E-state index is -5.28. The largest absolute Gasteiger partial charge is 0.501 e. The van der Waals surface area contributed by atoms with E-state index in [-0.39, 0.29) is 0 Å². The third-order valence-corrected chi connectivity index (χ3v) is 4.08. The Kier molecular flexibility index (Phi) is 5.82. The molecule has 0 amide bonds. The zero-order chi connectivity index (χ0) is 15.2. The van der Waals surface area contributed by atoms with Crippen LogP contribution in [0.3, 0.4) is 0 Å². The van der Waals surface area contributed by atoms with Crippen LogP contribution in [0.15, 0.2) is 29.2 Å². The Bertz CT molecular complexity index is 512. The molecule has 0 fully saturated rings. The number of hydrogen-bond donors (Lipinski definition) is 1.